The number of aromatic hydroxyl groups is 1. The minimum Gasteiger partial charge on any atom is -0.508 e. The number of piperidine rings is 1. The smallest absolute Gasteiger partial charge is 0.176 e. The Morgan fingerprint density at radius 3 is 2.52 bits per heavy atom. The Labute approximate surface area is 183 Å². The van der Waals surface area contributed by atoms with Gasteiger partial charge in [-0.05, 0) is 49.9 Å². The van der Waals surface area contributed by atoms with Crippen molar-refractivity contribution < 1.29 is 19.7 Å². The highest BCUT2D eigenvalue weighted by Crippen LogP contribution is 2.34. The highest BCUT2D eigenvalue weighted by Gasteiger charge is 2.52. The van der Waals surface area contributed by atoms with Gasteiger partial charge in [0.1, 0.15) is 11.9 Å². The van der Waals surface area contributed by atoms with E-state index in [1.54, 1.807) is 6.07 Å². The lowest BCUT2D eigenvalue weighted by atomic mass is 9.87. The molecule has 0 spiro atoms. The van der Waals surface area contributed by atoms with Crippen LogP contribution < -0.4 is 5.32 Å². The summed E-state index contributed by atoms with van der Waals surface area (Å²) in [7, 11) is 0. The summed E-state index contributed by atoms with van der Waals surface area (Å²) in [6.45, 7) is 2.85. The van der Waals surface area contributed by atoms with Crippen LogP contribution in [-0.4, -0.2) is 65.4 Å². The standard InChI is InChI=1S/C25H32N2O4/c28-20-9-5-4-8-19(20)15-26-22-21-16-30-25(31-21)23(24(22)29)27-12-10-18(11-13-27)14-17-6-2-1-3-7-17/h1-9,18,21-26,28-29H,10-16H2/t21-,22+,23-,24-,25+/m0/s1. The second kappa shape index (κ2) is 9.27. The first-order chi connectivity index (χ1) is 15.2. The number of rotatable bonds is 6. The van der Waals surface area contributed by atoms with Gasteiger partial charge in [0.2, 0.25) is 0 Å². The van der Waals surface area contributed by atoms with E-state index in [1.807, 2.05) is 18.2 Å². The Kier molecular flexibility index (Phi) is 6.25. The van der Waals surface area contributed by atoms with Crippen molar-refractivity contribution in [1.29, 1.82) is 0 Å². The molecule has 5 atom stereocenters. The van der Waals surface area contributed by atoms with Gasteiger partial charge in [0.25, 0.3) is 0 Å². The normalized spacial score (nSPS) is 31.7. The number of benzene rings is 2. The topological polar surface area (TPSA) is 74.2 Å². The lowest BCUT2D eigenvalue weighted by Crippen LogP contribution is -2.65. The van der Waals surface area contributed by atoms with Gasteiger partial charge in [-0.3, -0.25) is 4.90 Å². The lowest BCUT2D eigenvalue weighted by Gasteiger charge is -2.46. The predicted molar refractivity (Wildman–Crippen MR) is 118 cm³/mol. The van der Waals surface area contributed by atoms with Crippen molar-refractivity contribution in [2.24, 2.45) is 5.92 Å². The van der Waals surface area contributed by atoms with Gasteiger partial charge in [-0.2, -0.15) is 0 Å². The third-order valence-corrected chi connectivity index (χ3v) is 7.09. The first-order valence-corrected chi connectivity index (χ1v) is 11.4. The number of aliphatic hydroxyl groups is 1. The maximum Gasteiger partial charge on any atom is 0.176 e. The Bertz CT molecular complexity index is 856. The number of phenolic OH excluding ortho intramolecular Hbond substituents is 1. The molecular weight excluding hydrogens is 392 g/mol. The van der Waals surface area contributed by atoms with Crippen molar-refractivity contribution in [3.63, 3.8) is 0 Å². The van der Waals surface area contributed by atoms with Crippen molar-refractivity contribution in [2.45, 2.75) is 56.4 Å². The van der Waals surface area contributed by atoms with Crippen molar-refractivity contribution in [2.75, 3.05) is 19.7 Å². The predicted octanol–water partition coefficient (Wildman–Crippen LogP) is 2.29. The van der Waals surface area contributed by atoms with Crippen LogP contribution in [0.15, 0.2) is 54.6 Å². The monoisotopic (exact) mass is 424 g/mol. The van der Waals surface area contributed by atoms with E-state index in [0.29, 0.717) is 19.1 Å². The molecule has 0 amide bonds. The number of ether oxygens (including phenoxy) is 2. The van der Waals surface area contributed by atoms with Gasteiger partial charge >= 0.3 is 0 Å². The van der Waals surface area contributed by atoms with Gasteiger partial charge in [0.05, 0.1) is 24.8 Å². The first-order valence-electron chi connectivity index (χ1n) is 11.4. The summed E-state index contributed by atoms with van der Waals surface area (Å²) in [6, 6.07) is 17.6. The molecule has 3 N–H and O–H groups in total. The largest absolute Gasteiger partial charge is 0.508 e. The maximum absolute atomic E-state index is 11.3. The number of nitrogens with one attached hydrogen (secondary N) is 1. The molecule has 0 radical (unpaired) electrons. The van der Waals surface area contributed by atoms with E-state index in [9.17, 15) is 10.2 Å². The summed E-state index contributed by atoms with van der Waals surface area (Å²) in [5.41, 5.74) is 2.21. The zero-order valence-electron chi connectivity index (χ0n) is 17.8. The molecule has 5 rings (SSSR count). The molecule has 3 aliphatic rings. The average Bonchev–Trinajstić information content (AvgIpc) is 3.21. The van der Waals surface area contributed by atoms with E-state index in [1.165, 1.54) is 5.56 Å². The minimum absolute atomic E-state index is 0.168. The van der Waals surface area contributed by atoms with Crippen LogP contribution in [-0.2, 0) is 22.4 Å². The van der Waals surface area contributed by atoms with Crippen LogP contribution >= 0.6 is 0 Å². The van der Waals surface area contributed by atoms with Gasteiger partial charge in [-0.1, -0.05) is 48.5 Å². The number of hydrogen-bond donors (Lipinski definition) is 3. The quantitative estimate of drug-likeness (QED) is 0.661. The molecule has 0 aromatic heterocycles. The highest BCUT2D eigenvalue weighted by atomic mass is 16.7. The van der Waals surface area contributed by atoms with E-state index < -0.39 is 6.10 Å². The second-order valence-corrected chi connectivity index (χ2v) is 9.06. The van der Waals surface area contributed by atoms with E-state index in [2.05, 4.69) is 40.5 Å². The minimum atomic E-state index is -0.581. The van der Waals surface area contributed by atoms with E-state index >= 15 is 0 Å². The number of nitrogens with zero attached hydrogens (tertiary/aromatic N) is 1. The van der Waals surface area contributed by atoms with Crippen LogP contribution in [0, 0.1) is 5.92 Å². The molecule has 3 heterocycles. The summed E-state index contributed by atoms with van der Waals surface area (Å²) >= 11 is 0. The van der Waals surface area contributed by atoms with Gasteiger partial charge in [-0.15, -0.1) is 0 Å². The van der Waals surface area contributed by atoms with Crippen molar-refractivity contribution in [3.8, 4) is 5.75 Å². The Morgan fingerprint density at radius 2 is 1.74 bits per heavy atom. The van der Waals surface area contributed by atoms with Crippen LogP contribution in [0.4, 0.5) is 0 Å². The number of fused-ring (bicyclic) bond motifs is 2. The fourth-order valence-corrected chi connectivity index (χ4v) is 5.33. The molecule has 0 aliphatic carbocycles. The molecule has 6 nitrogen and oxygen atoms in total. The fourth-order valence-electron chi connectivity index (χ4n) is 5.33. The number of hydrogen-bond acceptors (Lipinski definition) is 6. The van der Waals surface area contributed by atoms with Crippen LogP contribution in [0.25, 0.3) is 0 Å². The molecule has 3 fully saturated rings. The molecule has 2 aromatic rings. The number of para-hydroxylation sites is 1. The van der Waals surface area contributed by atoms with Crippen LogP contribution in [0.3, 0.4) is 0 Å². The van der Waals surface area contributed by atoms with Crippen molar-refractivity contribution >= 4 is 0 Å². The molecule has 3 saturated heterocycles. The molecule has 166 valence electrons. The molecule has 31 heavy (non-hydrogen) atoms. The molecule has 3 aliphatic heterocycles. The molecule has 0 unspecified atom stereocenters. The Morgan fingerprint density at radius 1 is 1.00 bits per heavy atom. The Balaban J connectivity index is 1.21. The summed E-state index contributed by atoms with van der Waals surface area (Å²) in [4.78, 5) is 2.35. The lowest BCUT2D eigenvalue weighted by molar-refractivity contribution is -0.186. The third kappa shape index (κ3) is 4.49. The summed E-state index contributed by atoms with van der Waals surface area (Å²) < 4.78 is 12.1. The van der Waals surface area contributed by atoms with Crippen LogP contribution in [0.2, 0.25) is 0 Å². The number of aliphatic hydroxyl groups excluding tert-OH is 1. The van der Waals surface area contributed by atoms with Crippen LogP contribution in [0.1, 0.15) is 24.0 Å². The first kappa shape index (κ1) is 20.9. The summed E-state index contributed by atoms with van der Waals surface area (Å²) in [5, 5.41) is 24.8. The SMILES string of the molecule is Oc1ccccc1CN[C@H]1[C@H](O)[C@H](N2CCC(Cc3ccccc3)CC2)[C@@H]2OC[C@@H]1O2. The van der Waals surface area contributed by atoms with E-state index in [-0.39, 0.29) is 30.2 Å². The van der Waals surface area contributed by atoms with Gasteiger partial charge in [0, 0.05) is 12.1 Å². The van der Waals surface area contributed by atoms with Crippen molar-refractivity contribution in [3.05, 3.63) is 65.7 Å². The summed E-state index contributed by atoms with van der Waals surface area (Å²) in [5.74, 6) is 0.936. The van der Waals surface area contributed by atoms with Crippen molar-refractivity contribution in [1.82, 2.24) is 10.2 Å². The number of likely N-dealkylation sites (tertiary alicyclic amines) is 1. The Hall–Kier alpha value is -1.96. The molecule has 2 bridgehead atoms. The zero-order chi connectivity index (χ0) is 21.2. The second-order valence-electron chi connectivity index (χ2n) is 9.06. The molecule has 6 heteroatoms. The van der Waals surface area contributed by atoms with Gasteiger partial charge in [0.15, 0.2) is 6.29 Å². The van der Waals surface area contributed by atoms with Gasteiger partial charge < -0.3 is 25.0 Å². The van der Waals surface area contributed by atoms with Crippen LogP contribution in [0.5, 0.6) is 5.75 Å². The maximum atomic E-state index is 11.3. The zero-order valence-corrected chi connectivity index (χ0v) is 17.8. The average molecular weight is 425 g/mol. The molecular formula is C25H32N2O4. The fraction of sp³-hybridized carbons (Fsp3) is 0.520. The summed E-state index contributed by atoms with van der Waals surface area (Å²) in [6.07, 6.45) is 2.23. The molecule has 0 saturated carbocycles. The molecule has 2 aromatic carbocycles. The number of phenols is 1. The third-order valence-electron chi connectivity index (χ3n) is 7.09. The van der Waals surface area contributed by atoms with E-state index in [4.69, 9.17) is 9.47 Å². The highest BCUT2D eigenvalue weighted by molar-refractivity contribution is 5.31. The van der Waals surface area contributed by atoms with Gasteiger partial charge in [-0.25, -0.2) is 0 Å². The van der Waals surface area contributed by atoms with E-state index in [0.717, 1.165) is 37.9 Å².